The summed E-state index contributed by atoms with van der Waals surface area (Å²) in [7, 11) is 0. The smallest absolute Gasteiger partial charge is 0.223 e. The van der Waals surface area contributed by atoms with Crippen molar-refractivity contribution in [2.75, 3.05) is 19.6 Å². The van der Waals surface area contributed by atoms with Gasteiger partial charge in [0.1, 0.15) is 5.52 Å². The van der Waals surface area contributed by atoms with Crippen molar-refractivity contribution in [3.05, 3.63) is 35.2 Å². The minimum absolute atomic E-state index is 0.810. The molecule has 0 saturated carbocycles. The molecule has 0 radical (unpaired) electrons. The summed E-state index contributed by atoms with van der Waals surface area (Å²) in [5, 5.41) is 0. The van der Waals surface area contributed by atoms with Gasteiger partial charge in [0.2, 0.25) is 5.89 Å². The van der Waals surface area contributed by atoms with Gasteiger partial charge in [-0.1, -0.05) is 19.1 Å². The van der Waals surface area contributed by atoms with Gasteiger partial charge < -0.3 is 4.42 Å². The van der Waals surface area contributed by atoms with Crippen LogP contribution in [-0.2, 0) is 0 Å². The fourth-order valence-corrected chi connectivity index (χ4v) is 2.94. The van der Waals surface area contributed by atoms with Gasteiger partial charge in [-0.05, 0) is 50.4 Å². The minimum Gasteiger partial charge on any atom is -0.436 e. The van der Waals surface area contributed by atoms with Crippen LogP contribution in [-0.4, -0.2) is 29.5 Å². The molecular weight excluding hydrogens is 248 g/mol. The van der Waals surface area contributed by atoms with E-state index < -0.39 is 0 Å². The number of rotatable bonds is 3. The molecular formula is C17H22N2O. The summed E-state index contributed by atoms with van der Waals surface area (Å²) < 4.78 is 5.99. The van der Waals surface area contributed by atoms with Crippen molar-refractivity contribution in [3.63, 3.8) is 0 Å². The highest BCUT2D eigenvalue weighted by atomic mass is 16.3. The van der Waals surface area contributed by atoms with E-state index in [1.165, 1.54) is 29.7 Å². The Balaban J connectivity index is 1.90. The first kappa shape index (κ1) is 13.4. The molecule has 0 N–H and O–H groups in total. The summed E-state index contributed by atoms with van der Waals surface area (Å²) in [5.74, 6) is 0.810. The predicted octanol–water partition coefficient (Wildman–Crippen LogP) is 3.94. The molecule has 1 aromatic heterocycles. The molecule has 0 atom stereocenters. The minimum atomic E-state index is 0.810. The summed E-state index contributed by atoms with van der Waals surface area (Å²) in [6.45, 7) is 9.71. The van der Waals surface area contributed by atoms with Crippen molar-refractivity contribution < 1.29 is 4.42 Å². The van der Waals surface area contributed by atoms with E-state index in [0.29, 0.717) is 0 Å². The standard InChI is InChI=1S/C17H22N2O/c1-4-7-19-8-5-14(6-9-19)17-18-15-11-12(2)10-13(3)16(15)20-17/h5,10-11H,4,6-9H2,1-3H3. The molecule has 0 unspecified atom stereocenters. The van der Waals surface area contributed by atoms with Crippen LogP contribution in [0.1, 0.15) is 36.8 Å². The molecule has 1 aliphatic rings. The normalized spacial score (nSPS) is 16.6. The van der Waals surface area contributed by atoms with Gasteiger partial charge in [0, 0.05) is 18.7 Å². The van der Waals surface area contributed by atoms with Crippen LogP contribution in [0.3, 0.4) is 0 Å². The third-order valence-corrected chi connectivity index (χ3v) is 3.93. The number of aryl methyl sites for hydroxylation is 2. The molecule has 3 rings (SSSR count). The SMILES string of the molecule is CCCN1CC=C(c2nc3cc(C)cc(C)c3o2)CC1. The lowest BCUT2D eigenvalue weighted by atomic mass is 10.1. The van der Waals surface area contributed by atoms with E-state index >= 15 is 0 Å². The third kappa shape index (κ3) is 2.50. The van der Waals surface area contributed by atoms with Gasteiger partial charge in [-0.15, -0.1) is 0 Å². The van der Waals surface area contributed by atoms with Crippen LogP contribution in [0.2, 0.25) is 0 Å². The van der Waals surface area contributed by atoms with Crippen molar-refractivity contribution in [1.29, 1.82) is 0 Å². The summed E-state index contributed by atoms with van der Waals surface area (Å²) in [5.41, 5.74) is 5.58. The third-order valence-electron chi connectivity index (χ3n) is 3.93. The van der Waals surface area contributed by atoms with E-state index in [4.69, 9.17) is 4.42 Å². The number of aromatic nitrogens is 1. The van der Waals surface area contributed by atoms with Crippen LogP contribution in [0, 0.1) is 13.8 Å². The fraction of sp³-hybridized carbons (Fsp3) is 0.471. The Morgan fingerprint density at radius 1 is 1.30 bits per heavy atom. The van der Waals surface area contributed by atoms with Crippen LogP contribution in [0.25, 0.3) is 16.7 Å². The highest BCUT2D eigenvalue weighted by Crippen LogP contribution is 2.28. The Morgan fingerprint density at radius 3 is 2.85 bits per heavy atom. The van der Waals surface area contributed by atoms with Crippen LogP contribution in [0.15, 0.2) is 22.6 Å². The molecule has 3 nitrogen and oxygen atoms in total. The van der Waals surface area contributed by atoms with E-state index in [0.717, 1.165) is 36.5 Å². The van der Waals surface area contributed by atoms with Crippen LogP contribution in [0.5, 0.6) is 0 Å². The maximum absolute atomic E-state index is 5.99. The predicted molar refractivity (Wildman–Crippen MR) is 82.8 cm³/mol. The zero-order chi connectivity index (χ0) is 14.1. The molecule has 20 heavy (non-hydrogen) atoms. The van der Waals surface area contributed by atoms with Crippen molar-refractivity contribution in [2.24, 2.45) is 0 Å². The van der Waals surface area contributed by atoms with Crippen molar-refractivity contribution in [2.45, 2.75) is 33.6 Å². The van der Waals surface area contributed by atoms with Crippen LogP contribution in [0.4, 0.5) is 0 Å². The molecule has 3 heteroatoms. The van der Waals surface area contributed by atoms with Crippen molar-refractivity contribution in [1.82, 2.24) is 9.88 Å². The van der Waals surface area contributed by atoms with Gasteiger partial charge in [0.15, 0.2) is 5.58 Å². The summed E-state index contributed by atoms with van der Waals surface area (Å²) in [6, 6.07) is 4.25. The highest BCUT2D eigenvalue weighted by molar-refractivity contribution is 5.79. The highest BCUT2D eigenvalue weighted by Gasteiger charge is 2.17. The number of hydrogen-bond acceptors (Lipinski definition) is 3. The maximum atomic E-state index is 5.99. The Hall–Kier alpha value is -1.61. The molecule has 0 bridgehead atoms. The maximum Gasteiger partial charge on any atom is 0.223 e. The molecule has 1 aromatic carbocycles. The molecule has 0 fully saturated rings. The van der Waals surface area contributed by atoms with Gasteiger partial charge in [-0.3, -0.25) is 4.90 Å². The average molecular weight is 270 g/mol. The van der Waals surface area contributed by atoms with E-state index in [-0.39, 0.29) is 0 Å². The van der Waals surface area contributed by atoms with Crippen LogP contribution >= 0.6 is 0 Å². The molecule has 0 aliphatic carbocycles. The quantitative estimate of drug-likeness (QED) is 0.846. The molecule has 0 spiro atoms. The molecule has 0 saturated heterocycles. The molecule has 0 amide bonds. The topological polar surface area (TPSA) is 29.3 Å². The van der Waals surface area contributed by atoms with E-state index in [2.05, 4.69) is 48.9 Å². The lowest BCUT2D eigenvalue weighted by molar-refractivity contribution is 0.301. The summed E-state index contributed by atoms with van der Waals surface area (Å²) in [4.78, 5) is 7.15. The van der Waals surface area contributed by atoms with E-state index in [1.807, 2.05) is 0 Å². The summed E-state index contributed by atoms with van der Waals surface area (Å²) in [6.07, 6.45) is 4.52. The van der Waals surface area contributed by atoms with Gasteiger partial charge in [0.25, 0.3) is 0 Å². The second kappa shape index (κ2) is 5.41. The van der Waals surface area contributed by atoms with Gasteiger partial charge in [-0.25, -0.2) is 4.98 Å². The second-order valence-corrected chi connectivity index (χ2v) is 5.73. The largest absolute Gasteiger partial charge is 0.436 e. The molecule has 2 heterocycles. The Kier molecular flexibility index (Phi) is 3.62. The Bertz CT molecular complexity index is 654. The number of nitrogens with zero attached hydrogens (tertiary/aromatic N) is 2. The fourth-order valence-electron chi connectivity index (χ4n) is 2.94. The number of fused-ring (bicyclic) bond motifs is 1. The average Bonchev–Trinajstić information content (AvgIpc) is 2.84. The molecule has 106 valence electrons. The van der Waals surface area contributed by atoms with Crippen molar-refractivity contribution in [3.8, 4) is 0 Å². The lowest BCUT2D eigenvalue weighted by Crippen LogP contribution is -2.29. The molecule has 2 aromatic rings. The van der Waals surface area contributed by atoms with Crippen LogP contribution < -0.4 is 0 Å². The molecule has 1 aliphatic heterocycles. The lowest BCUT2D eigenvalue weighted by Gasteiger charge is -2.24. The van der Waals surface area contributed by atoms with E-state index in [9.17, 15) is 0 Å². The summed E-state index contributed by atoms with van der Waals surface area (Å²) >= 11 is 0. The first-order valence-electron chi connectivity index (χ1n) is 7.47. The van der Waals surface area contributed by atoms with Crippen molar-refractivity contribution >= 4 is 16.7 Å². The first-order chi connectivity index (χ1) is 9.67. The zero-order valence-electron chi connectivity index (χ0n) is 12.6. The number of benzene rings is 1. The second-order valence-electron chi connectivity index (χ2n) is 5.73. The van der Waals surface area contributed by atoms with Gasteiger partial charge >= 0.3 is 0 Å². The number of hydrogen-bond donors (Lipinski definition) is 0. The Labute approximate surface area is 120 Å². The Morgan fingerprint density at radius 2 is 2.15 bits per heavy atom. The van der Waals surface area contributed by atoms with E-state index in [1.54, 1.807) is 0 Å². The first-order valence-corrected chi connectivity index (χ1v) is 7.47. The number of oxazole rings is 1. The van der Waals surface area contributed by atoms with Gasteiger partial charge in [-0.2, -0.15) is 0 Å². The van der Waals surface area contributed by atoms with Gasteiger partial charge in [0.05, 0.1) is 0 Å². The zero-order valence-corrected chi connectivity index (χ0v) is 12.6. The monoisotopic (exact) mass is 270 g/mol.